The number of nitrogens with two attached hydrogens (primary N) is 1. The summed E-state index contributed by atoms with van der Waals surface area (Å²) in [5.74, 6) is 0.931. The summed E-state index contributed by atoms with van der Waals surface area (Å²) in [6.07, 6.45) is 0. The number of rotatable bonds is 0. The Kier molecular flexibility index (Phi) is 1.03. The number of hydrogen-bond acceptors (Lipinski definition) is 5. The third-order valence-corrected chi connectivity index (χ3v) is 1.33. The van der Waals surface area contributed by atoms with Crippen molar-refractivity contribution in [2.45, 2.75) is 6.92 Å². The Balaban J connectivity index is 2.91. The lowest BCUT2D eigenvalue weighted by atomic mass is 10.4. The van der Waals surface area contributed by atoms with E-state index >= 15 is 0 Å². The number of aryl methyl sites for hydroxylation is 1. The Morgan fingerprint density at radius 3 is 3.18 bits per heavy atom. The van der Waals surface area contributed by atoms with Gasteiger partial charge in [0, 0.05) is 11.8 Å². The van der Waals surface area contributed by atoms with E-state index in [-0.39, 0.29) is 0 Å². The van der Waals surface area contributed by atoms with Crippen molar-refractivity contribution in [2.24, 2.45) is 0 Å². The van der Waals surface area contributed by atoms with Gasteiger partial charge in [-0.15, -0.1) is 0 Å². The van der Waals surface area contributed by atoms with Crippen LogP contribution in [0.15, 0.2) is 6.07 Å². The summed E-state index contributed by atoms with van der Waals surface area (Å²) >= 11 is 0. The van der Waals surface area contributed by atoms with E-state index in [9.17, 15) is 0 Å². The van der Waals surface area contributed by atoms with Crippen molar-refractivity contribution >= 4 is 11.6 Å². The number of aromatic nitrogens is 5. The smallest absolute Gasteiger partial charge is 0.275 e. The molecule has 0 aromatic carbocycles. The largest absolute Gasteiger partial charge is 0.383 e. The van der Waals surface area contributed by atoms with Crippen molar-refractivity contribution in [2.75, 3.05) is 5.73 Å². The summed E-state index contributed by atoms with van der Waals surface area (Å²) in [6.45, 7) is 1.84. The Labute approximate surface area is 62.0 Å². The topological polar surface area (TPSA) is 82.0 Å². The van der Waals surface area contributed by atoms with Gasteiger partial charge in [-0.2, -0.15) is 4.52 Å². The summed E-state index contributed by atoms with van der Waals surface area (Å²) in [6, 6.07) is 1.71. The van der Waals surface area contributed by atoms with Crippen LogP contribution in [0, 0.1) is 6.92 Å². The predicted octanol–water partition coefficient (Wildman–Crippen LogP) is -0.590. The third kappa shape index (κ3) is 0.794. The molecule has 2 aromatic rings. The molecule has 2 rings (SSSR count). The molecule has 6 nitrogen and oxygen atoms in total. The molecule has 2 aromatic heterocycles. The van der Waals surface area contributed by atoms with E-state index in [4.69, 9.17) is 5.73 Å². The summed E-state index contributed by atoms with van der Waals surface area (Å²) in [5.41, 5.74) is 6.39. The maximum atomic E-state index is 5.58. The highest BCUT2D eigenvalue weighted by Gasteiger charge is 2.01. The monoisotopic (exact) mass is 150 g/mol. The van der Waals surface area contributed by atoms with Crippen molar-refractivity contribution in [1.29, 1.82) is 0 Å². The molecule has 0 aliphatic carbocycles. The van der Waals surface area contributed by atoms with Crippen LogP contribution in [0.5, 0.6) is 0 Å². The molecule has 0 aliphatic rings. The molecule has 2 heterocycles. The number of fused-ring (bicyclic) bond motifs is 1. The zero-order valence-corrected chi connectivity index (χ0v) is 5.89. The van der Waals surface area contributed by atoms with Gasteiger partial charge in [-0.25, -0.2) is 4.98 Å². The van der Waals surface area contributed by atoms with Gasteiger partial charge in [0.25, 0.3) is 5.78 Å². The second kappa shape index (κ2) is 1.88. The minimum Gasteiger partial charge on any atom is -0.383 e. The first-order valence-corrected chi connectivity index (χ1v) is 3.08. The summed E-state index contributed by atoms with van der Waals surface area (Å²) < 4.78 is 1.38. The molecular formula is C5H6N6. The molecule has 6 heteroatoms. The quantitative estimate of drug-likeness (QED) is 0.542. The normalized spacial score (nSPS) is 10.6. The molecule has 0 spiro atoms. The van der Waals surface area contributed by atoms with Crippen LogP contribution >= 0.6 is 0 Å². The lowest BCUT2D eigenvalue weighted by Gasteiger charge is -1.95. The number of tetrazole rings is 1. The Bertz CT molecular complexity index is 391. The molecule has 0 amide bonds. The maximum Gasteiger partial charge on any atom is 0.275 e. The molecule has 0 aliphatic heterocycles. The van der Waals surface area contributed by atoms with Crippen molar-refractivity contribution < 1.29 is 0 Å². The lowest BCUT2D eigenvalue weighted by molar-refractivity contribution is 0.826. The van der Waals surface area contributed by atoms with Gasteiger partial charge in [0.15, 0.2) is 0 Å². The third-order valence-electron chi connectivity index (χ3n) is 1.33. The number of nitrogen functional groups attached to an aromatic ring is 1. The minimum absolute atomic E-state index is 0.433. The zero-order chi connectivity index (χ0) is 7.84. The van der Waals surface area contributed by atoms with Crippen LogP contribution in [0.1, 0.15) is 5.69 Å². The van der Waals surface area contributed by atoms with Gasteiger partial charge in [0.2, 0.25) is 0 Å². The van der Waals surface area contributed by atoms with Crippen LogP contribution in [0.25, 0.3) is 5.78 Å². The van der Waals surface area contributed by atoms with E-state index in [0.717, 1.165) is 5.69 Å². The van der Waals surface area contributed by atoms with E-state index in [0.29, 0.717) is 11.6 Å². The molecule has 0 bridgehead atoms. The highest BCUT2D eigenvalue weighted by Crippen LogP contribution is 2.03. The maximum absolute atomic E-state index is 5.58. The SMILES string of the molecule is Cc1cc(N)n2nnnc2n1. The number of nitrogens with zero attached hydrogens (tertiary/aromatic N) is 5. The van der Waals surface area contributed by atoms with Crippen LogP contribution < -0.4 is 5.73 Å². The summed E-state index contributed by atoms with van der Waals surface area (Å²) in [4.78, 5) is 4.04. The highest BCUT2D eigenvalue weighted by atomic mass is 15.5. The fourth-order valence-corrected chi connectivity index (χ4v) is 0.884. The van der Waals surface area contributed by atoms with E-state index in [1.165, 1.54) is 4.52 Å². The summed E-state index contributed by atoms with van der Waals surface area (Å²) in [7, 11) is 0. The van der Waals surface area contributed by atoms with Crippen molar-refractivity contribution in [3.05, 3.63) is 11.8 Å². The fourth-order valence-electron chi connectivity index (χ4n) is 0.884. The van der Waals surface area contributed by atoms with Gasteiger partial charge >= 0.3 is 0 Å². The second-order valence-electron chi connectivity index (χ2n) is 2.21. The lowest BCUT2D eigenvalue weighted by Crippen LogP contribution is -2.01. The Morgan fingerprint density at radius 2 is 2.36 bits per heavy atom. The molecule has 56 valence electrons. The first-order chi connectivity index (χ1) is 5.27. The van der Waals surface area contributed by atoms with Gasteiger partial charge in [-0.3, -0.25) is 0 Å². The van der Waals surface area contributed by atoms with E-state index in [1.807, 2.05) is 6.92 Å². The van der Waals surface area contributed by atoms with Crippen molar-refractivity contribution in [3.63, 3.8) is 0 Å². The van der Waals surface area contributed by atoms with Gasteiger partial charge in [-0.1, -0.05) is 5.10 Å². The van der Waals surface area contributed by atoms with Gasteiger partial charge < -0.3 is 5.73 Å². The molecule has 0 saturated carbocycles. The Morgan fingerprint density at radius 1 is 1.55 bits per heavy atom. The molecule has 0 saturated heterocycles. The fraction of sp³-hybridized carbons (Fsp3) is 0.200. The van der Waals surface area contributed by atoms with Crippen LogP contribution in [-0.2, 0) is 0 Å². The molecule has 0 fully saturated rings. The number of hydrogen-bond donors (Lipinski definition) is 1. The standard InChI is InChI=1S/C5H6N6/c1-3-2-4(6)11-5(7-3)8-9-10-11/h2H,6H2,1H3. The van der Waals surface area contributed by atoms with Crippen LogP contribution in [-0.4, -0.2) is 25.0 Å². The molecule has 11 heavy (non-hydrogen) atoms. The minimum atomic E-state index is 0.433. The highest BCUT2D eigenvalue weighted by molar-refractivity contribution is 5.39. The first-order valence-electron chi connectivity index (χ1n) is 3.08. The van der Waals surface area contributed by atoms with Crippen LogP contribution in [0.2, 0.25) is 0 Å². The molecular weight excluding hydrogens is 144 g/mol. The van der Waals surface area contributed by atoms with E-state index in [2.05, 4.69) is 20.5 Å². The predicted molar refractivity (Wildman–Crippen MR) is 37.7 cm³/mol. The molecule has 0 atom stereocenters. The molecule has 0 radical (unpaired) electrons. The van der Waals surface area contributed by atoms with Crippen LogP contribution in [0.3, 0.4) is 0 Å². The van der Waals surface area contributed by atoms with Gasteiger partial charge in [0.05, 0.1) is 0 Å². The van der Waals surface area contributed by atoms with Crippen molar-refractivity contribution in [1.82, 2.24) is 25.0 Å². The van der Waals surface area contributed by atoms with E-state index in [1.54, 1.807) is 6.07 Å². The Hall–Kier alpha value is -1.72. The van der Waals surface area contributed by atoms with E-state index < -0.39 is 0 Å². The average molecular weight is 150 g/mol. The van der Waals surface area contributed by atoms with Crippen LogP contribution in [0.4, 0.5) is 5.82 Å². The second-order valence-corrected chi connectivity index (χ2v) is 2.21. The molecule has 2 N–H and O–H groups in total. The van der Waals surface area contributed by atoms with Gasteiger partial charge in [-0.05, 0) is 17.4 Å². The zero-order valence-electron chi connectivity index (χ0n) is 5.89. The van der Waals surface area contributed by atoms with Gasteiger partial charge in [0.1, 0.15) is 5.82 Å². The van der Waals surface area contributed by atoms with Crippen molar-refractivity contribution in [3.8, 4) is 0 Å². The molecule has 0 unspecified atom stereocenters. The number of anilines is 1. The first kappa shape index (κ1) is 6.02. The average Bonchev–Trinajstić information content (AvgIpc) is 2.34. The summed E-state index contributed by atoms with van der Waals surface area (Å²) in [5, 5.41) is 10.7.